The van der Waals surface area contributed by atoms with Crippen molar-refractivity contribution < 1.29 is 18.7 Å². The van der Waals surface area contributed by atoms with Crippen molar-refractivity contribution in [2.45, 2.75) is 6.61 Å². The van der Waals surface area contributed by atoms with Crippen LogP contribution in [-0.2, 0) is 11.4 Å². The van der Waals surface area contributed by atoms with Crippen LogP contribution in [0.5, 0.6) is 5.88 Å². The van der Waals surface area contributed by atoms with E-state index in [1.807, 2.05) is 0 Å². The number of thioether (sulfide) groups is 1. The molecule has 1 saturated heterocycles. The van der Waals surface area contributed by atoms with E-state index in [1.54, 1.807) is 12.1 Å². The lowest BCUT2D eigenvalue weighted by Gasteiger charge is -2.04. The predicted molar refractivity (Wildman–Crippen MR) is 79.2 cm³/mol. The zero-order chi connectivity index (χ0) is 15.5. The number of nitrogens with one attached hydrogen (secondary N) is 1. The van der Waals surface area contributed by atoms with Gasteiger partial charge in [0.25, 0.3) is 11.1 Å². The van der Waals surface area contributed by atoms with E-state index in [1.165, 1.54) is 18.4 Å². The summed E-state index contributed by atoms with van der Waals surface area (Å²) in [4.78, 5) is 30.8. The van der Waals surface area contributed by atoms with E-state index in [-0.39, 0.29) is 22.7 Å². The Kier molecular flexibility index (Phi) is 4.12. The summed E-state index contributed by atoms with van der Waals surface area (Å²) in [5, 5.41) is 1.70. The highest BCUT2D eigenvalue weighted by Crippen LogP contribution is 2.26. The molecule has 0 unspecified atom stereocenters. The van der Waals surface area contributed by atoms with Crippen molar-refractivity contribution >= 4 is 40.6 Å². The average Bonchev–Trinajstić information content (AvgIpc) is 3.06. The maximum atomic E-state index is 11.5. The Morgan fingerprint density at radius 2 is 2.27 bits per heavy atom. The number of aromatic nitrogens is 2. The van der Waals surface area contributed by atoms with Crippen LogP contribution in [0.1, 0.15) is 11.5 Å². The lowest BCUT2D eigenvalue weighted by Crippen LogP contribution is -2.17. The van der Waals surface area contributed by atoms with Crippen LogP contribution >= 0.6 is 23.4 Å². The zero-order valence-electron chi connectivity index (χ0n) is 10.9. The highest BCUT2D eigenvalue weighted by atomic mass is 35.5. The average molecular weight is 338 g/mol. The Labute approximate surface area is 133 Å². The van der Waals surface area contributed by atoms with Gasteiger partial charge in [0.05, 0.1) is 16.9 Å². The number of hydrogen-bond donors (Lipinski definition) is 1. The lowest BCUT2D eigenvalue weighted by atomic mass is 10.3. The molecule has 1 aliphatic heterocycles. The number of halogens is 1. The summed E-state index contributed by atoms with van der Waals surface area (Å²) in [5.41, 5.74) is 0.363. The van der Waals surface area contributed by atoms with Gasteiger partial charge < -0.3 is 9.15 Å². The van der Waals surface area contributed by atoms with Crippen LogP contribution in [0.3, 0.4) is 0 Å². The third kappa shape index (κ3) is 3.46. The molecule has 0 bridgehead atoms. The second-order valence-corrected chi connectivity index (χ2v) is 5.47. The molecule has 9 heteroatoms. The second kappa shape index (κ2) is 6.20. The van der Waals surface area contributed by atoms with Crippen molar-refractivity contribution in [3.8, 4) is 5.88 Å². The van der Waals surface area contributed by atoms with Gasteiger partial charge in [0.1, 0.15) is 12.4 Å². The van der Waals surface area contributed by atoms with E-state index >= 15 is 0 Å². The molecule has 0 saturated carbocycles. The summed E-state index contributed by atoms with van der Waals surface area (Å²) < 4.78 is 10.6. The fourth-order valence-corrected chi connectivity index (χ4v) is 2.50. The third-order valence-electron chi connectivity index (χ3n) is 2.56. The molecule has 7 nitrogen and oxygen atoms in total. The van der Waals surface area contributed by atoms with Gasteiger partial charge in [-0.05, 0) is 41.6 Å². The first kappa shape index (κ1) is 14.6. The van der Waals surface area contributed by atoms with Gasteiger partial charge in [0.2, 0.25) is 11.2 Å². The van der Waals surface area contributed by atoms with Gasteiger partial charge in [-0.1, -0.05) is 0 Å². The minimum atomic E-state index is -0.470. The third-order valence-corrected chi connectivity index (χ3v) is 3.54. The van der Waals surface area contributed by atoms with Crippen LogP contribution in [0.2, 0.25) is 5.28 Å². The summed E-state index contributed by atoms with van der Waals surface area (Å²) in [7, 11) is 0. The number of nitrogens with zero attached hydrogens (tertiary/aromatic N) is 2. The molecule has 1 aliphatic rings. The standard InChI is InChI=1S/C13H8ClN3O4S/c14-12-15-7(4-9-11(18)17-13(19)22-9)5-10(16-12)21-6-8-2-1-3-20-8/h1-5H,6H2,(H,17,18,19)/b9-4-. The van der Waals surface area contributed by atoms with Crippen molar-refractivity contribution in [3.63, 3.8) is 0 Å². The minimum absolute atomic E-state index is 0.0291. The van der Waals surface area contributed by atoms with E-state index < -0.39 is 11.1 Å². The Morgan fingerprint density at radius 3 is 2.95 bits per heavy atom. The number of ether oxygens (including phenoxy) is 1. The van der Waals surface area contributed by atoms with E-state index in [4.69, 9.17) is 20.8 Å². The maximum Gasteiger partial charge on any atom is 0.290 e. The summed E-state index contributed by atoms with van der Waals surface area (Å²) in [6, 6.07) is 5.02. The van der Waals surface area contributed by atoms with Crippen molar-refractivity contribution in [2.24, 2.45) is 0 Å². The lowest BCUT2D eigenvalue weighted by molar-refractivity contribution is -0.115. The number of hydrogen-bond acceptors (Lipinski definition) is 7. The van der Waals surface area contributed by atoms with E-state index in [0.717, 1.165) is 11.8 Å². The minimum Gasteiger partial charge on any atom is -0.469 e. The highest BCUT2D eigenvalue weighted by molar-refractivity contribution is 8.18. The molecule has 22 heavy (non-hydrogen) atoms. The van der Waals surface area contributed by atoms with Crippen LogP contribution in [-0.4, -0.2) is 21.1 Å². The fourth-order valence-electron chi connectivity index (χ4n) is 1.66. The van der Waals surface area contributed by atoms with Gasteiger partial charge in [-0.15, -0.1) is 0 Å². The van der Waals surface area contributed by atoms with Crippen LogP contribution in [0.15, 0.2) is 33.8 Å². The number of amides is 2. The quantitative estimate of drug-likeness (QED) is 0.676. The van der Waals surface area contributed by atoms with Gasteiger partial charge in [-0.25, -0.2) is 4.98 Å². The largest absolute Gasteiger partial charge is 0.469 e. The predicted octanol–water partition coefficient (Wildman–Crippen LogP) is 2.63. The molecule has 0 atom stereocenters. The molecule has 2 aromatic rings. The molecule has 3 rings (SSSR count). The summed E-state index contributed by atoms with van der Waals surface area (Å²) in [5.74, 6) is 0.395. The molecule has 0 aliphatic carbocycles. The van der Waals surface area contributed by atoms with Crippen molar-refractivity contribution in [1.82, 2.24) is 15.3 Å². The summed E-state index contributed by atoms with van der Waals surface area (Å²) >= 11 is 6.63. The molecule has 3 heterocycles. The number of furan rings is 1. The first-order chi connectivity index (χ1) is 10.6. The van der Waals surface area contributed by atoms with E-state index in [0.29, 0.717) is 11.5 Å². The summed E-state index contributed by atoms with van der Waals surface area (Å²) in [6.07, 6.45) is 2.98. The number of rotatable bonds is 4. The first-order valence-corrected chi connectivity index (χ1v) is 7.24. The molecule has 2 aromatic heterocycles. The molecular weight excluding hydrogens is 330 g/mol. The Hall–Kier alpha value is -2.32. The highest BCUT2D eigenvalue weighted by Gasteiger charge is 2.25. The van der Waals surface area contributed by atoms with Crippen LogP contribution in [0, 0.1) is 0 Å². The monoisotopic (exact) mass is 337 g/mol. The first-order valence-electron chi connectivity index (χ1n) is 6.05. The van der Waals surface area contributed by atoms with Crippen molar-refractivity contribution in [3.05, 3.63) is 46.1 Å². The van der Waals surface area contributed by atoms with Crippen LogP contribution in [0.4, 0.5) is 4.79 Å². The molecule has 1 fully saturated rings. The molecule has 0 aromatic carbocycles. The van der Waals surface area contributed by atoms with Gasteiger partial charge in [-0.2, -0.15) is 4.98 Å². The maximum absolute atomic E-state index is 11.5. The number of imide groups is 1. The van der Waals surface area contributed by atoms with Gasteiger partial charge in [-0.3, -0.25) is 14.9 Å². The fraction of sp³-hybridized carbons (Fsp3) is 0.0769. The van der Waals surface area contributed by atoms with E-state index in [9.17, 15) is 9.59 Å². The SMILES string of the molecule is O=C1NC(=O)/C(=C/c2cc(OCc3ccco3)nc(Cl)n2)S1. The molecule has 0 spiro atoms. The van der Waals surface area contributed by atoms with Gasteiger partial charge in [0, 0.05) is 6.07 Å². The smallest absolute Gasteiger partial charge is 0.290 e. The van der Waals surface area contributed by atoms with Crippen LogP contribution in [0.25, 0.3) is 6.08 Å². The van der Waals surface area contributed by atoms with Gasteiger partial charge >= 0.3 is 0 Å². The van der Waals surface area contributed by atoms with E-state index in [2.05, 4.69) is 15.3 Å². The number of carbonyl (C=O) groups is 2. The normalized spacial score (nSPS) is 16.1. The zero-order valence-corrected chi connectivity index (χ0v) is 12.5. The molecule has 2 amide bonds. The van der Waals surface area contributed by atoms with Crippen molar-refractivity contribution in [2.75, 3.05) is 0 Å². The Morgan fingerprint density at radius 1 is 1.41 bits per heavy atom. The van der Waals surface area contributed by atoms with Crippen molar-refractivity contribution in [1.29, 1.82) is 0 Å². The second-order valence-electron chi connectivity index (χ2n) is 4.12. The molecule has 0 radical (unpaired) electrons. The molecule has 112 valence electrons. The molecular formula is C13H8ClN3O4S. The summed E-state index contributed by atoms with van der Waals surface area (Å²) in [6.45, 7) is 0.185. The Balaban J connectivity index is 1.79. The Bertz CT molecular complexity index is 761. The topological polar surface area (TPSA) is 94.3 Å². The van der Waals surface area contributed by atoms with Gasteiger partial charge in [0.15, 0.2) is 0 Å². The molecule has 1 N–H and O–H groups in total. The number of carbonyl (C=O) groups excluding carboxylic acids is 2. The van der Waals surface area contributed by atoms with Crippen LogP contribution < -0.4 is 10.1 Å².